The van der Waals surface area contributed by atoms with Crippen molar-refractivity contribution in [2.45, 2.75) is 62.9 Å². The van der Waals surface area contributed by atoms with Crippen LogP contribution in [0.5, 0.6) is 0 Å². The fraction of sp³-hybridized carbons (Fsp3) is 0.345. The number of fused-ring (bicyclic) bond motifs is 1. The lowest BCUT2D eigenvalue weighted by Gasteiger charge is -2.19. The van der Waals surface area contributed by atoms with Crippen LogP contribution in [0.2, 0.25) is 0 Å². The minimum atomic E-state index is -0.0231. The van der Waals surface area contributed by atoms with Crippen LogP contribution < -0.4 is 10.9 Å². The number of carbonyl (C=O) groups is 1. The highest BCUT2D eigenvalue weighted by Crippen LogP contribution is 2.26. The minimum absolute atomic E-state index is 0.0114. The van der Waals surface area contributed by atoms with Gasteiger partial charge in [0.25, 0.3) is 5.56 Å². The highest BCUT2D eigenvalue weighted by atomic mass is 32.2. The number of thiophene rings is 1. The topological polar surface area (TPSA) is 64.0 Å². The molecule has 5 nitrogen and oxygen atoms in total. The maximum atomic E-state index is 13.2. The van der Waals surface area contributed by atoms with Crippen LogP contribution in [0.25, 0.3) is 10.2 Å². The van der Waals surface area contributed by atoms with E-state index in [1.54, 1.807) is 16.3 Å². The summed E-state index contributed by atoms with van der Waals surface area (Å²) in [5.74, 6) is 0.740. The van der Waals surface area contributed by atoms with E-state index >= 15 is 0 Å². The van der Waals surface area contributed by atoms with Crippen LogP contribution in [0.1, 0.15) is 50.3 Å². The number of hydrogen-bond donors (Lipinski definition) is 1. The molecule has 0 radical (unpaired) electrons. The van der Waals surface area contributed by atoms with E-state index in [9.17, 15) is 9.59 Å². The number of nitrogens with zero attached hydrogens (tertiary/aromatic N) is 2. The van der Waals surface area contributed by atoms with Gasteiger partial charge in [-0.2, -0.15) is 0 Å². The van der Waals surface area contributed by atoms with Crippen molar-refractivity contribution < 1.29 is 4.79 Å². The lowest BCUT2D eigenvalue weighted by Crippen LogP contribution is -2.27. The van der Waals surface area contributed by atoms with Crippen molar-refractivity contribution in [2.24, 2.45) is 0 Å². The summed E-state index contributed by atoms with van der Waals surface area (Å²) in [6, 6.07) is 20.7. The van der Waals surface area contributed by atoms with Gasteiger partial charge in [-0.15, -0.1) is 11.3 Å². The van der Waals surface area contributed by atoms with Crippen molar-refractivity contribution in [1.29, 1.82) is 0 Å². The number of amides is 1. The predicted octanol–water partition coefficient (Wildman–Crippen LogP) is 6.19. The molecule has 0 aliphatic rings. The summed E-state index contributed by atoms with van der Waals surface area (Å²) in [5, 5.41) is 5.60. The monoisotopic (exact) mass is 519 g/mol. The van der Waals surface area contributed by atoms with Crippen molar-refractivity contribution in [1.82, 2.24) is 14.9 Å². The summed E-state index contributed by atoms with van der Waals surface area (Å²) >= 11 is 2.99. The van der Waals surface area contributed by atoms with Crippen LogP contribution in [0.15, 0.2) is 76.0 Å². The van der Waals surface area contributed by atoms with E-state index in [4.69, 9.17) is 4.98 Å². The van der Waals surface area contributed by atoms with Crippen molar-refractivity contribution in [3.8, 4) is 0 Å². The van der Waals surface area contributed by atoms with Gasteiger partial charge in [0.15, 0.2) is 5.16 Å². The molecule has 4 rings (SSSR count). The number of rotatable bonds is 10. The molecule has 2 aromatic carbocycles. The maximum absolute atomic E-state index is 13.2. The second-order valence-electron chi connectivity index (χ2n) is 9.91. The van der Waals surface area contributed by atoms with Gasteiger partial charge in [0.1, 0.15) is 4.70 Å². The molecule has 1 amide bonds. The first-order valence-corrected chi connectivity index (χ1v) is 14.2. The molecule has 0 fully saturated rings. The SMILES string of the molecule is CC(C)(C)c1ccc(CSc2nc3ccsc3c(=O)n2CCCC(=O)NCCc2ccccc2)cc1. The molecule has 0 aliphatic heterocycles. The van der Waals surface area contributed by atoms with Crippen LogP contribution in [-0.2, 0) is 28.9 Å². The summed E-state index contributed by atoms with van der Waals surface area (Å²) in [6.07, 6.45) is 1.77. The van der Waals surface area contributed by atoms with Crippen molar-refractivity contribution >= 4 is 39.2 Å². The van der Waals surface area contributed by atoms with E-state index in [-0.39, 0.29) is 16.9 Å². The fourth-order valence-corrected chi connectivity index (χ4v) is 5.72. The van der Waals surface area contributed by atoms with Crippen LogP contribution in [0.4, 0.5) is 0 Å². The first kappa shape index (κ1) is 26.2. The van der Waals surface area contributed by atoms with Gasteiger partial charge in [0, 0.05) is 25.3 Å². The number of aromatic nitrogens is 2. The molecule has 188 valence electrons. The summed E-state index contributed by atoms with van der Waals surface area (Å²) in [4.78, 5) is 30.3. The van der Waals surface area contributed by atoms with E-state index < -0.39 is 0 Å². The van der Waals surface area contributed by atoms with E-state index in [1.807, 2.05) is 29.6 Å². The average Bonchev–Trinajstić information content (AvgIpc) is 3.34. The Bertz CT molecular complexity index is 1350. The van der Waals surface area contributed by atoms with Gasteiger partial charge in [-0.05, 0) is 46.4 Å². The van der Waals surface area contributed by atoms with Crippen LogP contribution >= 0.6 is 23.1 Å². The predicted molar refractivity (Wildman–Crippen MR) is 151 cm³/mol. The molecule has 36 heavy (non-hydrogen) atoms. The summed E-state index contributed by atoms with van der Waals surface area (Å²) < 4.78 is 2.41. The van der Waals surface area contributed by atoms with E-state index in [0.717, 1.165) is 17.7 Å². The normalized spacial score (nSPS) is 11.6. The number of benzene rings is 2. The molecule has 0 atom stereocenters. The highest BCUT2D eigenvalue weighted by Gasteiger charge is 2.15. The van der Waals surface area contributed by atoms with E-state index in [2.05, 4.69) is 62.5 Å². The Morgan fingerprint density at radius 1 is 1.03 bits per heavy atom. The third kappa shape index (κ3) is 6.86. The molecule has 0 aliphatic carbocycles. The van der Waals surface area contributed by atoms with E-state index in [0.29, 0.717) is 35.8 Å². The number of carbonyl (C=O) groups excluding carboxylic acids is 1. The van der Waals surface area contributed by atoms with Gasteiger partial charge in [-0.1, -0.05) is 87.1 Å². The molecular weight excluding hydrogens is 486 g/mol. The molecule has 1 N–H and O–H groups in total. The van der Waals surface area contributed by atoms with Crippen molar-refractivity contribution in [3.05, 3.63) is 93.1 Å². The number of thioether (sulfide) groups is 1. The Morgan fingerprint density at radius 3 is 2.50 bits per heavy atom. The molecule has 4 aromatic rings. The third-order valence-corrected chi connectivity index (χ3v) is 8.02. The van der Waals surface area contributed by atoms with Gasteiger partial charge in [0.2, 0.25) is 5.91 Å². The first-order valence-electron chi connectivity index (χ1n) is 12.3. The second kappa shape index (κ2) is 11.9. The van der Waals surface area contributed by atoms with Gasteiger partial charge in [0.05, 0.1) is 5.52 Å². The zero-order chi connectivity index (χ0) is 25.5. The minimum Gasteiger partial charge on any atom is -0.356 e. The van der Waals surface area contributed by atoms with Crippen molar-refractivity contribution in [2.75, 3.05) is 6.54 Å². The molecule has 0 bridgehead atoms. The lowest BCUT2D eigenvalue weighted by atomic mass is 9.87. The van der Waals surface area contributed by atoms with Gasteiger partial charge < -0.3 is 5.32 Å². The Kier molecular flexibility index (Phi) is 8.64. The summed E-state index contributed by atoms with van der Waals surface area (Å²) in [7, 11) is 0. The smallest absolute Gasteiger partial charge is 0.272 e. The molecule has 2 aromatic heterocycles. The fourth-order valence-electron chi connectivity index (χ4n) is 3.96. The third-order valence-electron chi connectivity index (χ3n) is 6.08. The summed E-state index contributed by atoms with van der Waals surface area (Å²) in [5.41, 5.74) is 4.53. The Labute approximate surface area is 221 Å². The largest absolute Gasteiger partial charge is 0.356 e. The molecule has 7 heteroatoms. The molecule has 0 spiro atoms. The van der Waals surface area contributed by atoms with Crippen LogP contribution in [0.3, 0.4) is 0 Å². The molecule has 0 saturated heterocycles. The maximum Gasteiger partial charge on any atom is 0.272 e. The molecular formula is C29H33N3O2S2. The number of nitrogens with one attached hydrogen (secondary N) is 1. The van der Waals surface area contributed by atoms with Crippen molar-refractivity contribution in [3.63, 3.8) is 0 Å². The quantitative estimate of drug-likeness (QED) is 0.201. The first-order chi connectivity index (χ1) is 17.3. The van der Waals surface area contributed by atoms with Gasteiger partial charge >= 0.3 is 0 Å². The van der Waals surface area contributed by atoms with Gasteiger partial charge in [-0.25, -0.2) is 4.98 Å². The second-order valence-corrected chi connectivity index (χ2v) is 11.8. The highest BCUT2D eigenvalue weighted by molar-refractivity contribution is 7.98. The Morgan fingerprint density at radius 2 is 1.78 bits per heavy atom. The molecule has 0 saturated carbocycles. The summed E-state index contributed by atoms with van der Waals surface area (Å²) in [6.45, 7) is 7.70. The van der Waals surface area contributed by atoms with Crippen LogP contribution in [-0.4, -0.2) is 22.0 Å². The molecule has 2 heterocycles. The van der Waals surface area contributed by atoms with E-state index in [1.165, 1.54) is 28.0 Å². The van der Waals surface area contributed by atoms with Gasteiger partial charge in [-0.3, -0.25) is 14.2 Å². The standard InChI is InChI=1S/C29H33N3O2S2/c1-29(2,3)23-13-11-22(12-14-23)20-36-28-31-24-16-19-35-26(24)27(34)32(28)18-7-10-25(33)30-17-15-21-8-5-4-6-9-21/h4-6,8-9,11-14,16,19H,7,10,15,17-18,20H2,1-3H3,(H,30,33). The zero-order valence-corrected chi connectivity index (χ0v) is 22.8. The molecule has 0 unspecified atom stereocenters. The number of hydrogen-bond acceptors (Lipinski definition) is 5. The Hall–Kier alpha value is -2.90. The zero-order valence-electron chi connectivity index (χ0n) is 21.1. The van der Waals surface area contributed by atoms with Crippen LogP contribution in [0, 0.1) is 0 Å². The lowest BCUT2D eigenvalue weighted by molar-refractivity contribution is -0.121. The Balaban J connectivity index is 1.37. The average molecular weight is 520 g/mol.